The lowest BCUT2D eigenvalue weighted by atomic mass is 9.98. The van der Waals surface area contributed by atoms with Crippen molar-refractivity contribution in [2.45, 2.75) is 54.1 Å². The minimum Gasteiger partial charge on any atom is -0.325 e. The van der Waals surface area contributed by atoms with Crippen LogP contribution in [-0.4, -0.2) is 10.8 Å². The van der Waals surface area contributed by atoms with Crippen LogP contribution in [0.3, 0.4) is 0 Å². The summed E-state index contributed by atoms with van der Waals surface area (Å²) in [6, 6.07) is 30.0. The molecule has 4 rings (SSSR count). The van der Waals surface area contributed by atoms with Gasteiger partial charge in [-0.2, -0.15) is 0 Å². The molecule has 3 aromatic carbocycles. The molecule has 1 atom stereocenters. The molecule has 35 heavy (non-hydrogen) atoms. The van der Waals surface area contributed by atoms with Crippen molar-refractivity contribution in [3.63, 3.8) is 0 Å². The van der Waals surface area contributed by atoms with Crippen LogP contribution in [0.15, 0.2) is 102 Å². The van der Waals surface area contributed by atoms with Crippen LogP contribution in [0.25, 0.3) is 16.8 Å². The molecule has 0 aliphatic rings. The molecular formula is C33H38N2. The number of aliphatic imine (C=N–C) groups is 1. The van der Waals surface area contributed by atoms with E-state index in [4.69, 9.17) is 4.99 Å². The number of hydrogen-bond acceptors (Lipinski definition) is 1. The lowest BCUT2D eigenvalue weighted by Gasteiger charge is -2.15. The van der Waals surface area contributed by atoms with Gasteiger partial charge >= 0.3 is 0 Å². The Morgan fingerprint density at radius 2 is 1.49 bits per heavy atom. The van der Waals surface area contributed by atoms with E-state index < -0.39 is 0 Å². The Morgan fingerprint density at radius 1 is 0.829 bits per heavy atom. The van der Waals surface area contributed by atoms with Crippen LogP contribution in [0, 0.1) is 20.8 Å². The van der Waals surface area contributed by atoms with Crippen molar-refractivity contribution in [2.24, 2.45) is 4.99 Å². The molecule has 2 heteroatoms. The molecule has 0 amide bonds. The third-order valence-corrected chi connectivity index (χ3v) is 6.04. The molecule has 0 radical (unpaired) electrons. The van der Waals surface area contributed by atoms with Gasteiger partial charge < -0.3 is 4.57 Å². The quantitative estimate of drug-likeness (QED) is 0.244. The number of hydrogen-bond donors (Lipinski definition) is 0. The number of aromatic nitrogens is 1. The summed E-state index contributed by atoms with van der Waals surface area (Å²) in [5, 5.41) is 0. The fourth-order valence-electron chi connectivity index (χ4n) is 4.28. The van der Waals surface area contributed by atoms with Crippen molar-refractivity contribution in [1.29, 1.82) is 0 Å². The highest BCUT2D eigenvalue weighted by Gasteiger charge is 2.09. The summed E-state index contributed by atoms with van der Waals surface area (Å²) in [6.07, 6.45) is 7.33. The molecule has 2 nitrogen and oxygen atoms in total. The largest absolute Gasteiger partial charge is 0.325 e. The third kappa shape index (κ3) is 6.93. The van der Waals surface area contributed by atoms with E-state index in [0.29, 0.717) is 0 Å². The molecule has 0 saturated heterocycles. The highest BCUT2D eigenvalue weighted by Crippen LogP contribution is 2.25. The standard InChI is InChI=1S/C31H32N2.C2H6/c1-23-19-24(2)21-30(20-23)29(17-16-27-12-9-8-11-25(27)3)22-32-26(4)33-18-10-15-31(33)28-13-6-5-7-14-28;1-2/h5-15,17-22,26H,16H2,1-4H3;1-2H3/b29-17+,32-22+;/t26-;/m1./s1. The van der Waals surface area contributed by atoms with Crippen LogP contribution in [0.2, 0.25) is 0 Å². The first kappa shape index (κ1) is 26.0. The molecule has 0 aliphatic heterocycles. The molecule has 0 saturated carbocycles. The number of rotatable bonds is 7. The van der Waals surface area contributed by atoms with Crippen LogP contribution < -0.4 is 0 Å². The zero-order chi connectivity index (χ0) is 25.2. The van der Waals surface area contributed by atoms with Gasteiger partial charge in [-0.3, -0.25) is 4.99 Å². The van der Waals surface area contributed by atoms with Gasteiger partial charge in [-0.1, -0.05) is 104 Å². The Labute approximate surface area is 211 Å². The van der Waals surface area contributed by atoms with E-state index in [0.717, 1.165) is 12.0 Å². The minimum absolute atomic E-state index is 0.0111. The fraction of sp³-hybridized carbons (Fsp3) is 0.242. The zero-order valence-corrected chi connectivity index (χ0v) is 22.0. The van der Waals surface area contributed by atoms with Crippen molar-refractivity contribution in [1.82, 2.24) is 4.57 Å². The van der Waals surface area contributed by atoms with Crippen molar-refractivity contribution in [3.05, 3.63) is 125 Å². The molecule has 0 spiro atoms. The van der Waals surface area contributed by atoms with Crippen molar-refractivity contribution in [2.75, 3.05) is 0 Å². The van der Waals surface area contributed by atoms with Crippen LogP contribution in [0.1, 0.15) is 54.8 Å². The summed E-state index contributed by atoms with van der Waals surface area (Å²) in [5.74, 6) is 0. The van der Waals surface area contributed by atoms with Gasteiger partial charge in [0, 0.05) is 18.1 Å². The Kier molecular flexibility index (Phi) is 9.43. The number of benzene rings is 3. The molecule has 0 N–H and O–H groups in total. The maximum Gasteiger partial charge on any atom is 0.122 e. The molecule has 0 fully saturated rings. The Balaban J connectivity index is 0.00000167. The van der Waals surface area contributed by atoms with Gasteiger partial charge in [0.1, 0.15) is 6.17 Å². The first-order valence-corrected chi connectivity index (χ1v) is 12.6. The summed E-state index contributed by atoms with van der Waals surface area (Å²) >= 11 is 0. The van der Waals surface area contributed by atoms with Gasteiger partial charge in [-0.05, 0) is 74.1 Å². The Bertz CT molecular complexity index is 1260. The van der Waals surface area contributed by atoms with Crippen molar-refractivity contribution < 1.29 is 0 Å². The van der Waals surface area contributed by atoms with E-state index in [1.165, 1.54) is 39.1 Å². The zero-order valence-electron chi connectivity index (χ0n) is 22.0. The van der Waals surface area contributed by atoms with Gasteiger partial charge in [0.25, 0.3) is 0 Å². The third-order valence-electron chi connectivity index (χ3n) is 6.04. The van der Waals surface area contributed by atoms with Gasteiger partial charge in [-0.25, -0.2) is 0 Å². The maximum absolute atomic E-state index is 4.99. The highest BCUT2D eigenvalue weighted by atomic mass is 15.1. The fourth-order valence-corrected chi connectivity index (χ4v) is 4.28. The van der Waals surface area contributed by atoms with Gasteiger partial charge in [0.05, 0.1) is 0 Å². The topological polar surface area (TPSA) is 17.3 Å². The number of nitrogens with zero attached hydrogens (tertiary/aromatic N) is 2. The van der Waals surface area contributed by atoms with E-state index in [9.17, 15) is 0 Å². The minimum atomic E-state index is -0.0111. The number of aryl methyl sites for hydroxylation is 3. The molecule has 1 aromatic heterocycles. The summed E-state index contributed by atoms with van der Waals surface area (Å²) in [7, 11) is 0. The molecule has 0 unspecified atom stereocenters. The summed E-state index contributed by atoms with van der Waals surface area (Å²) < 4.78 is 2.23. The Hall–Kier alpha value is -3.65. The van der Waals surface area contributed by atoms with E-state index in [2.05, 4.69) is 123 Å². The van der Waals surface area contributed by atoms with E-state index in [1.54, 1.807) is 0 Å². The second-order valence-electron chi connectivity index (χ2n) is 8.74. The van der Waals surface area contributed by atoms with E-state index in [1.807, 2.05) is 26.1 Å². The molecular weight excluding hydrogens is 424 g/mol. The first-order valence-electron chi connectivity index (χ1n) is 12.6. The normalized spacial score (nSPS) is 12.3. The lowest BCUT2D eigenvalue weighted by Crippen LogP contribution is -2.04. The maximum atomic E-state index is 4.99. The molecule has 4 aromatic rings. The predicted molar refractivity (Wildman–Crippen MR) is 153 cm³/mol. The van der Waals surface area contributed by atoms with Crippen LogP contribution in [-0.2, 0) is 6.42 Å². The Morgan fingerprint density at radius 3 is 2.17 bits per heavy atom. The van der Waals surface area contributed by atoms with Crippen LogP contribution >= 0.6 is 0 Å². The molecule has 0 bridgehead atoms. The second kappa shape index (κ2) is 12.7. The van der Waals surface area contributed by atoms with E-state index >= 15 is 0 Å². The van der Waals surface area contributed by atoms with Gasteiger partial charge in [-0.15, -0.1) is 0 Å². The summed E-state index contributed by atoms with van der Waals surface area (Å²) in [5.41, 5.74) is 9.95. The van der Waals surface area contributed by atoms with Gasteiger partial charge in [0.15, 0.2) is 0 Å². The molecule has 1 heterocycles. The predicted octanol–water partition coefficient (Wildman–Crippen LogP) is 9.02. The smallest absolute Gasteiger partial charge is 0.122 e. The molecule has 0 aliphatic carbocycles. The average molecular weight is 463 g/mol. The number of allylic oxidation sites excluding steroid dienone is 2. The molecule has 180 valence electrons. The summed E-state index contributed by atoms with van der Waals surface area (Å²) in [6.45, 7) is 12.6. The van der Waals surface area contributed by atoms with Crippen LogP contribution in [0.5, 0.6) is 0 Å². The van der Waals surface area contributed by atoms with E-state index in [-0.39, 0.29) is 6.17 Å². The second-order valence-corrected chi connectivity index (χ2v) is 8.74. The van der Waals surface area contributed by atoms with Gasteiger partial charge in [0.2, 0.25) is 0 Å². The van der Waals surface area contributed by atoms with Crippen molar-refractivity contribution >= 4 is 11.8 Å². The van der Waals surface area contributed by atoms with Crippen molar-refractivity contribution in [3.8, 4) is 11.3 Å². The first-order chi connectivity index (χ1) is 17.0. The monoisotopic (exact) mass is 462 g/mol. The highest BCUT2D eigenvalue weighted by molar-refractivity contribution is 6.10. The summed E-state index contributed by atoms with van der Waals surface area (Å²) in [4.78, 5) is 4.99. The average Bonchev–Trinajstić information content (AvgIpc) is 3.36. The van der Waals surface area contributed by atoms with Crippen LogP contribution in [0.4, 0.5) is 0 Å². The lowest BCUT2D eigenvalue weighted by molar-refractivity contribution is 0.586. The SMILES string of the molecule is CC.Cc1cc(C)cc(C(=C/Cc2ccccc2C)/C=N/[C@@H](C)n2cccc2-c2ccccc2)c1.